The lowest BCUT2D eigenvalue weighted by Crippen LogP contribution is -2.15. The number of anilines is 1. The van der Waals surface area contributed by atoms with Crippen molar-refractivity contribution in [2.45, 2.75) is 6.42 Å². The van der Waals surface area contributed by atoms with E-state index < -0.39 is 0 Å². The average Bonchev–Trinajstić information content (AvgIpc) is 2.55. The number of methoxy groups -OCH3 is 2. The van der Waals surface area contributed by atoms with Crippen LogP contribution in [0.3, 0.4) is 0 Å². The summed E-state index contributed by atoms with van der Waals surface area (Å²) in [7, 11) is 3.11. The first kappa shape index (κ1) is 15.4. The molecule has 0 aliphatic rings. The summed E-state index contributed by atoms with van der Waals surface area (Å²) < 4.78 is 10.4. The van der Waals surface area contributed by atoms with E-state index >= 15 is 0 Å². The molecule has 0 unspecified atom stereocenters. The van der Waals surface area contributed by atoms with E-state index in [1.54, 1.807) is 56.7 Å². The molecule has 0 heterocycles. The summed E-state index contributed by atoms with van der Waals surface area (Å²) in [6, 6.07) is 14.2. The van der Waals surface area contributed by atoms with Gasteiger partial charge in [0.2, 0.25) is 5.91 Å². The molecule has 0 atom stereocenters. The molecule has 2 aromatic rings. The normalized spacial score (nSPS) is 9.68. The number of amides is 1. The quantitative estimate of drug-likeness (QED) is 0.921. The highest BCUT2D eigenvalue weighted by Gasteiger charge is 2.11. The summed E-state index contributed by atoms with van der Waals surface area (Å²) in [4.78, 5) is 12.2. The van der Waals surface area contributed by atoms with Crippen molar-refractivity contribution in [3.8, 4) is 17.6 Å². The second kappa shape index (κ2) is 7.14. The van der Waals surface area contributed by atoms with E-state index in [0.717, 1.165) is 5.56 Å². The fraction of sp³-hybridized carbons (Fsp3) is 0.176. The summed E-state index contributed by atoms with van der Waals surface area (Å²) in [5.74, 6) is 1.03. The Kier molecular flexibility index (Phi) is 4.99. The van der Waals surface area contributed by atoms with E-state index in [4.69, 9.17) is 14.7 Å². The molecule has 0 radical (unpaired) electrons. The number of nitrogens with zero attached hydrogens (tertiary/aromatic N) is 1. The molecule has 0 spiro atoms. The molecule has 0 aromatic heterocycles. The van der Waals surface area contributed by atoms with Crippen LogP contribution in [0.1, 0.15) is 11.1 Å². The van der Waals surface area contributed by atoms with Crippen molar-refractivity contribution >= 4 is 11.6 Å². The van der Waals surface area contributed by atoms with Crippen LogP contribution in [0.15, 0.2) is 42.5 Å². The van der Waals surface area contributed by atoms with Gasteiger partial charge in [0.05, 0.1) is 31.9 Å². The first-order chi connectivity index (χ1) is 10.7. The highest BCUT2D eigenvalue weighted by atomic mass is 16.5. The molecule has 5 nitrogen and oxygen atoms in total. The van der Waals surface area contributed by atoms with Crippen molar-refractivity contribution in [3.63, 3.8) is 0 Å². The number of ether oxygens (including phenoxy) is 2. The van der Waals surface area contributed by atoms with Crippen LogP contribution in [0.4, 0.5) is 5.69 Å². The van der Waals surface area contributed by atoms with Crippen molar-refractivity contribution in [1.82, 2.24) is 0 Å². The Labute approximate surface area is 129 Å². The molecule has 2 aromatic carbocycles. The zero-order valence-electron chi connectivity index (χ0n) is 12.4. The largest absolute Gasteiger partial charge is 0.497 e. The van der Waals surface area contributed by atoms with Crippen molar-refractivity contribution in [3.05, 3.63) is 53.6 Å². The molecule has 22 heavy (non-hydrogen) atoms. The van der Waals surface area contributed by atoms with Gasteiger partial charge in [0, 0.05) is 11.6 Å². The third-order valence-electron chi connectivity index (χ3n) is 3.17. The fourth-order valence-corrected chi connectivity index (χ4v) is 2.05. The van der Waals surface area contributed by atoms with Crippen LogP contribution in [-0.4, -0.2) is 20.1 Å². The number of hydrogen-bond donors (Lipinski definition) is 1. The van der Waals surface area contributed by atoms with E-state index in [-0.39, 0.29) is 12.3 Å². The van der Waals surface area contributed by atoms with Gasteiger partial charge in [-0.05, 0) is 18.2 Å². The summed E-state index contributed by atoms with van der Waals surface area (Å²) >= 11 is 0. The molecule has 0 saturated carbocycles. The Hall–Kier alpha value is -3.00. The summed E-state index contributed by atoms with van der Waals surface area (Å²) in [5.41, 5.74) is 1.68. The van der Waals surface area contributed by atoms with Gasteiger partial charge in [0.1, 0.15) is 17.6 Å². The molecule has 112 valence electrons. The number of rotatable bonds is 5. The molecular formula is C17H16N2O3. The SMILES string of the molecule is COc1ccc(CC(=O)Nc2ccccc2C#N)c(OC)c1. The van der Waals surface area contributed by atoms with Crippen molar-refractivity contribution in [2.24, 2.45) is 0 Å². The van der Waals surface area contributed by atoms with Crippen molar-refractivity contribution < 1.29 is 14.3 Å². The van der Waals surface area contributed by atoms with Crippen LogP contribution < -0.4 is 14.8 Å². The molecule has 0 saturated heterocycles. The van der Waals surface area contributed by atoms with Gasteiger partial charge >= 0.3 is 0 Å². The monoisotopic (exact) mass is 296 g/mol. The van der Waals surface area contributed by atoms with Crippen LogP contribution in [-0.2, 0) is 11.2 Å². The van der Waals surface area contributed by atoms with Gasteiger partial charge < -0.3 is 14.8 Å². The topological polar surface area (TPSA) is 71.3 Å². The van der Waals surface area contributed by atoms with Crippen LogP contribution in [0, 0.1) is 11.3 Å². The van der Waals surface area contributed by atoms with Gasteiger partial charge in [-0.15, -0.1) is 0 Å². The first-order valence-corrected chi connectivity index (χ1v) is 6.67. The Morgan fingerprint density at radius 3 is 2.64 bits per heavy atom. The third-order valence-corrected chi connectivity index (χ3v) is 3.17. The fourth-order valence-electron chi connectivity index (χ4n) is 2.05. The van der Waals surface area contributed by atoms with Gasteiger partial charge in [-0.2, -0.15) is 5.26 Å². The van der Waals surface area contributed by atoms with Gasteiger partial charge in [-0.3, -0.25) is 4.79 Å². The minimum Gasteiger partial charge on any atom is -0.497 e. The molecular weight excluding hydrogens is 280 g/mol. The van der Waals surface area contributed by atoms with E-state index in [2.05, 4.69) is 5.32 Å². The molecule has 0 aliphatic heterocycles. The predicted octanol–water partition coefficient (Wildman–Crippen LogP) is 2.76. The zero-order valence-corrected chi connectivity index (χ0v) is 12.4. The number of carbonyl (C=O) groups is 1. The Morgan fingerprint density at radius 1 is 1.18 bits per heavy atom. The highest BCUT2D eigenvalue weighted by Crippen LogP contribution is 2.25. The minimum atomic E-state index is -0.217. The summed E-state index contributed by atoms with van der Waals surface area (Å²) in [6.45, 7) is 0. The van der Waals surface area contributed by atoms with Crippen molar-refractivity contribution in [1.29, 1.82) is 5.26 Å². The van der Waals surface area contributed by atoms with Gasteiger partial charge in [0.25, 0.3) is 0 Å². The van der Waals surface area contributed by atoms with Crippen LogP contribution in [0.2, 0.25) is 0 Å². The highest BCUT2D eigenvalue weighted by molar-refractivity contribution is 5.93. The molecule has 0 fully saturated rings. The summed E-state index contributed by atoms with van der Waals surface area (Å²) in [6.07, 6.45) is 0.146. The molecule has 1 amide bonds. The number of benzene rings is 2. The lowest BCUT2D eigenvalue weighted by molar-refractivity contribution is -0.115. The smallest absolute Gasteiger partial charge is 0.228 e. The number of nitriles is 1. The van der Waals surface area contributed by atoms with E-state index in [9.17, 15) is 4.79 Å². The Morgan fingerprint density at radius 2 is 1.95 bits per heavy atom. The maximum absolute atomic E-state index is 12.2. The second-order valence-electron chi connectivity index (χ2n) is 4.56. The standard InChI is InChI=1S/C17H16N2O3/c1-21-14-8-7-12(16(10-14)22-2)9-17(20)19-15-6-4-3-5-13(15)11-18/h3-8,10H,9H2,1-2H3,(H,19,20). The number of para-hydroxylation sites is 1. The molecule has 1 N–H and O–H groups in total. The van der Waals surface area contributed by atoms with Crippen molar-refractivity contribution in [2.75, 3.05) is 19.5 Å². The third kappa shape index (κ3) is 3.55. The van der Waals surface area contributed by atoms with E-state index in [1.807, 2.05) is 6.07 Å². The van der Waals surface area contributed by atoms with Gasteiger partial charge in [-0.25, -0.2) is 0 Å². The predicted molar refractivity (Wildman–Crippen MR) is 83.0 cm³/mol. The van der Waals surface area contributed by atoms with Crippen LogP contribution >= 0.6 is 0 Å². The first-order valence-electron chi connectivity index (χ1n) is 6.67. The molecule has 5 heteroatoms. The van der Waals surface area contributed by atoms with Gasteiger partial charge in [0.15, 0.2) is 0 Å². The second-order valence-corrected chi connectivity index (χ2v) is 4.56. The lowest BCUT2D eigenvalue weighted by Gasteiger charge is -2.11. The van der Waals surface area contributed by atoms with E-state index in [1.165, 1.54) is 0 Å². The Bertz CT molecular complexity index is 720. The van der Waals surface area contributed by atoms with E-state index in [0.29, 0.717) is 22.7 Å². The zero-order chi connectivity index (χ0) is 15.9. The molecule has 0 aliphatic carbocycles. The lowest BCUT2D eigenvalue weighted by atomic mass is 10.1. The maximum Gasteiger partial charge on any atom is 0.228 e. The average molecular weight is 296 g/mol. The molecule has 0 bridgehead atoms. The summed E-state index contributed by atoms with van der Waals surface area (Å²) in [5, 5.41) is 11.8. The Balaban J connectivity index is 2.14. The van der Waals surface area contributed by atoms with Crippen LogP contribution in [0.25, 0.3) is 0 Å². The number of carbonyl (C=O) groups excluding carboxylic acids is 1. The number of hydrogen-bond acceptors (Lipinski definition) is 4. The van der Waals surface area contributed by atoms with Crippen LogP contribution in [0.5, 0.6) is 11.5 Å². The number of nitrogens with one attached hydrogen (secondary N) is 1. The molecule has 2 rings (SSSR count). The minimum absolute atomic E-state index is 0.146. The van der Waals surface area contributed by atoms with Gasteiger partial charge in [-0.1, -0.05) is 18.2 Å². The maximum atomic E-state index is 12.2.